The number of aliphatic hydroxyl groups is 1. The molecule has 1 aliphatic rings. The number of carboxylic acids is 1. The number of thioether (sulfide) groups is 1. The predicted molar refractivity (Wildman–Crippen MR) is 181 cm³/mol. The van der Waals surface area contributed by atoms with E-state index in [1.54, 1.807) is 18.2 Å². The number of nitrogens with one attached hydrogen (secondary N) is 1. The minimum atomic E-state index is -2.05. The van der Waals surface area contributed by atoms with Gasteiger partial charge in [0.25, 0.3) is 9.70 Å². The number of rotatable bonds is 10. The van der Waals surface area contributed by atoms with Crippen LogP contribution in [0.25, 0.3) is 11.1 Å². The average molecular weight is 701 g/mol. The maximum absolute atomic E-state index is 12.1. The molecule has 1 amide bonds. The normalized spacial score (nSPS) is 19.8. The summed E-state index contributed by atoms with van der Waals surface area (Å²) in [7, 11) is 0. The molecule has 4 aromatic carbocycles. The van der Waals surface area contributed by atoms with Crippen LogP contribution in [0, 0.1) is 5.92 Å². The van der Waals surface area contributed by atoms with Crippen LogP contribution in [0.5, 0.6) is 0 Å². The minimum Gasteiger partial charge on any atom is -0.478 e. The molecule has 0 bridgehead atoms. The first kappa shape index (κ1) is 34.3. The Kier molecular flexibility index (Phi) is 11.3. The van der Waals surface area contributed by atoms with E-state index < -0.39 is 22.0 Å². The Morgan fingerprint density at radius 2 is 1.52 bits per heavy atom. The van der Waals surface area contributed by atoms with E-state index in [1.807, 2.05) is 78.9 Å². The van der Waals surface area contributed by atoms with E-state index >= 15 is 0 Å². The summed E-state index contributed by atoms with van der Waals surface area (Å²) in [6, 6.07) is 30.1. The van der Waals surface area contributed by atoms with Crippen LogP contribution < -0.4 is 5.32 Å². The van der Waals surface area contributed by atoms with E-state index in [9.17, 15) is 19.8 Å². The van der Waals surface area contributed by atoms with Crippen molar-refractivity contribution in [1.82, 2.24) is 5.32 Å². The van der Waals surface area contributed by atoms with Crippen molar-refractivity contribution in [2.45, 2.75) is 47.3 Å². The number of hydrogen-bond acceptors (Lipinski definition) is 6. The van der Waals surface area contributed by atoms with E-state index in [2.05, 4.69) is 12.2 Å². The van der Waals surface area contributed by atoms with E-state index in [4.69, 9.17) is 44.3 Å². The zero-order valence-corrected chi connectivity index (χ0v) is 27.8. The Morgan fingerprint density at radius 1 is 0.870 bits per heavy atom. The average Bonchev–Trinajstić information content (AvgIpc) is 3.06. The van der Waals surface area contributed by atoms with E-state index in [0.717, 1.165) is 33.4 Å². The molecule has 3 N–H and O–H groups in total. The van der Waals surface area contributed by atoms with E-state index in [-0.39, 0.29) is 36.8 Å². The zero-order chi connectivity index (χ0) is 32.8. The Morgan fingerprint density at radius 3 is 2.20 bits per heavy atom. The number of carbonyl (C=O) groups excluding carboxylic acids is 1. The van der Waals surface area contributed by atoms with Gasteiger partial charge in [0.15, 0.2) is 6.29 Å². The van der Waals surface area contributed by atoms with Crippen LogP contribution >= 0.6 is 46.6 Å². The highest BCUT2D eigenvalue weighted by atomic mass is 35.6. The van der Waals surface area contributed by atoms with Crippen LogP contribution in [-0.2, 0) is 27.4 Å². The van der Waals surface area contributed by atoms with E-state index in [0.29, 0.717) is 10.6 Å². The molecular formula is C35H32Cl3NO6S. The Bertz CT molecular complexity index is 1660. The number of carboxylic acid groups (broad SMARTS) is 1. The van der Waals surface area contributed by atoms with Gasteiger partial charge in [0, 0.05) is 28.7 Å². The van der Waals surface area contributed by atoms with Crippen molar-refractivity contribution in [2.24, 2.45) is 5.92 Å². The van der Waals surface area contributed by atoms with Gasteiger partial charge in [-0.2, -0.15) is 0 Å². The van der Waals surface area contributed by atoms with Gasteiger partial charge in [0.2, 0.25) is 0 Å². The van der Waals surface area contributed by atoms with Crippen molar-refractivity contribution in [2.75, 3.05) is 5.75 Å². The van der Waals surface area contributed by atoms with Gasteiger partial charge < -0.3 is 25.0 Å². The van der Waals surface area contributed by atoms with Crippen LogP contribution in [0.3, 0.4) is 0 Å². The van der Waals surface area contributed by atoms with Gasteiger partial charge in [-0.25, -0.2) is 4.79 Å². The van der Waals surface area contributed by atoms with Gasteiger partial charge in [0.05, 0.1) is 24.4 Å². The fourth-order valence-corrected chi connectivity index (χ4v) is 6.71. The van der Waals surface area contributed by atoms with Crippen LogP contribution in [0.4, 0.5) is 0 Å². The van der Waals surface area contributed by atoms with Crippen LogP contribution in [0.2, 0.25) is 0 Å². The summed E-state index contributed by atoms with van der Waals surface area (Å²) >= 11 is 18.6. The fourth-order valence-electron chi connectivity index (χ4n) is 5.30. The van der Waals surface area contributed by atoms with Crippen molar-refractivity contribution in [1.29, 1.82) is 0 Å². The summed E-state index contributed by atoms with van der Waals surface area (Å²) < 4.78 is 11.1. The fraction of sp³-hybridized carbons (Fsp3) is 0.257. The zero-order valence-electron chi connectivity index (χ0n) is 24.7. The molecule has 7 nitrogen and oxygen atoms in total. The molecule has 46 heavy (non-hydrogen) atoms. The minimum absolute atomic E-state index is 0.0515. The van der Waals surface area contributed by atoms with Gasteiger partial charge in [-0.1, -0.05) is 127 Å². The standard InChI is InChI=1S/C35H32Cl3NO6S/c1-21-29(20-46-30-9-5-4-8-28(30)32(41)42)44-33(45-31(21)24-12-10-22(19-40)11-13-24)25-16-14-23(15-17-25)27-7-3-2-6-26(27)18-39-34(43)35(36,37)38/h2-17,21,29,31,33,40H,18-20H2,1H3,(H,39,43)(H,41,42). The van der Waals surface area contributed by atoms with Crippen LogP contribution in [0.15, 0.2) is 102 Å². The van der Waals surface area contributed by atoms with Gasteiger partial charge in [-0.15, -0.1) is 11.8 Å². The molecule has 0 aromatic heterocycles. The smallest absolute Gasteiger partial charge is 0.336 e. The molecule has 0 saturated carbocycles. The molecule has 1 fully saturated rings. The second-order valence-electron chi connectivity index (χ2n) is 10.9. The van der Waals surface area contributed by atoms with Crippen molar-refractivity contribution in [3.8, 4) is 11.1 Å². The number of halogens is 3. The first-order valence-corrected chi connectivity index (χ1v) is 16.7. The first-order chi connectivity index (χ1) is 22.0. The Hall–Kier alpha value is -3.08. The third-order valence-corrected chi connectivity index (χ3v) is 9.53. The summed E-state index contributed by atoms with van der Waals surface area (Å²) in [5.74, 6) is -1.22. The Labute approximate surface area is 286 Å². The van der Waals surface area contributed by atoms with Crippen molar-refractivity contribution in [3.05, 3.63) is 125 Å². The summed E-state index contributed by atoms with van der Waals surface area (Å²) in [6.45, 7) is 2.19. The largest absolute Gasteiger partial charge is 0.478 e. The summed E-state index contributed by atoms with van der Waals surface area (Å²) in [4.78, 5) is 24.6. The molecule has 11 heteroatoms. The predicted octanol–water partition coefficient (Wildman–Crippen LogP) is 8.11. The van der Waals surface area contributed by atoms with E-state index in [1.165, 1.54) is 11.8 Å². The summed E-state index contributed by atoms with van der Waals surface area (Å²) in [6.07, 6.45) is -1.27. The number of aromatic carboxylic acids is 1. The molecule has 1 aliphatic heterocycles. The summed E-state index contributed by atoms with van der Waals surface area (Å²) in [5, 5.41) is 21.9. The van der Waals surface area contributed by atoms with Crippen LogP contribution in [-0.4, -0.2) is 37.7 Å². The number of ether oxygens (including phenoxy) is 2. The molecule has 4 atom stereocenters. The highest BCUT2D eigenvalue weighted by Gasteiger charge is 2.38. The number of alkyl halides is 3. The van der Waals surface area contributed by atoms with Gasteiger partial charge >= 0.3 is 5.97 Å². The lowest BCUT2D eigenvalue weighted by Crippen LogP contribution is -2.38. The molecule has 1 saturated heterocycles. The molecule has 0 spiro atoms. The van der Waals surface area contributed by atoms with Gasteiger partial charge in [0.1, 0.15) is 0 Å². The maximum Gasteiger partial charge on any atom is 0.336 e. The monoisotopic (exact) mass is 699 g/mol. The first-order valence-electron chi connectivity index (χ1n) is 14.5. The molecule has 5 rings (SSSR count). The molecule has 4 unspecified atom stereocenters. The van der Waals surface area contributed by atoms with Gasteiger partial charge in [-0.3, -0.25) is 4.79 Å². The molecule has 0 aliphatic carbocycles. The topological polar surface area (TPSA) is 105 Å². The van der Waals surface area contributed by atoms with Crippen molar-refractivity contribution < 1.29 is 29.3 Å². The van der Waals surface area contributed by atoms with Crippen LogP contribution in [0.1, 0.15) is 51.9 Å². The lowest BCUT2D eigenvalue weighted by molar-refractivity contribution is -0.268. The molecular weight excluding hydrogens is 669 g/mol. The SMILES string of the molecule is CC1C(CSc2ccccc2C(=O)O)OC(c2ccc(-c3ccccc3CNC(=O)C(Cl)(Cl)Cl)cc2)OC1c1ccc(CO)cc1. The number of carbonyl (C=O) groups is 2. The number of hydrogen-bond donors (Lipinski definition) is 3. The number of benzene rings is 4. The quantitative estimate of drug-likeness (QED) is 0.113. The molecule has 240 valence electrons. The molecule has 4 aromatic rings. The van der Waals surface area contributed by atoms with Gasteiger partial charge in [-0.05, 0) is 39.9 Å². The summed E-state index contributed by atoms with van der Waals surface area (Å²) in [5.41, 5.74) is 5.51. The third-order valence-electron chi connectivity index (χ3n) is 7.85. The van der Waals surface area contributed by atoms with Crippen molar-refractivity contribution >= 4 is 58.4 Å². The molecule has 0 radical (unpaired) electrons. The lowest BCUT2D eigenvalue weighted by atomic mass is 9.91. The molecule has 1 heterocycles. The maximum atomic E-state index is 12.1. The third kappa shape index (κ3) is 8.25. The lowest BCUT2D eigenvalue weighted by Gasteiger charge is -2.41. The van der Waals surface area contributed by atoms with Crippen molar-refractivity contribution in [3.63, 3.8) is 0 Å². The number of amides is 1. The second-order valence-corrected chi connectivity index (χ2v) is 14.2. The number of aliphatic hydroxyl groups excluding tert-OH is 1. The second kappa shape index (κ2) is 15.2. The highest BCUT2D eigenvalue weighted by Crippen LogP contribution is 2.43. The highest BCUT2D eigenvalue weighted by molar-refractivity contribution is 7.99. The Balaban J connectivity index is 1.39.